The zero-order valence-electron chi connectivity index (χ0n) is 14.8. The summed E-state index contributed by atoms with van der Waals surface area (Å²) in [6.45, 7) is 0. The van der Waals surface area contributed by atoms with Crippen molar-refractivity contribution in [3.8, 4) is 5.75 Å². The molecule has 1 aliphatic heterocycles. The summed E-state index contributed by atoms with van der Waals surface area (Å²) in [5, 5.41) is 9.61. The molecule has 0 spiro atoms. The first-order chi connectivity index (χ1) is 13.3. The average Bonchev–Trinajstić information content (AvgIpc) is 2.89. The number of rotatable bonds is 4. The minimum Gasteiger partial charge on any atom is -0.495 e. The van der Waals surface area contributed by atoms with Gasteiger partial charge in [-0.15, -0.1) is 0 Å². The van der Waals surface area contributed by atoms with Crippen LogP contribution in [-0.4, -0.2) is 41.2 Å². The molecule has 1 saturated heterocycles. The molecule has 0 radical (unpaired) electrons. The number of hydrogen-bond donors (Lipinski definition) is 1. The normalized spacial score (nSPS) is 16.9. The van der Waals surface area contributed by atoms with Crippen molar-refractivity contribution >= 4 is 85.8 Å². The molecule has 9 heteroatoms. The van der Waals surface area contributed by atoms with Gasteiger partial charge in [0, 0.05) is 16.2 Å². The summed E-state index contributed by atoms with van der Waals surface area (Å²) in [6, 6.07) is 10.2. The van der Waals surface area contributed by atoms with E-state index in [1.165, 1.54) is 28.8 Å². The summed E-state index contributed by atoms with van der Waals surface area (Å²) >= 11 is 5.67. The van der Waals surface area contributed by atoms with Gasteiger partial charge in [-0.3, -0.25) is 9.69 Å². The van der Waals surface area contributed by atoms with Gasteiger partial charge in [0.1, 0.15) is 5.75 Å². The van der Waals surface area contributed by atoms with Gasteiger partial charge in [0.15, 0.2) is 5.17 Å². The Labute approximate surface area is 193 Å². The number of likely N-dealkylation sites (N-methyl/N-ethyl adjacent to an activating group) is 1. The number of hydrogen-bond acceptors (Lipinski definition) is 5. The smallest absolute Gasteiger partial charge is 0.335 e. The molecule has 1 N–H and O–H groups in total. The van der Waals surface area contributed by atoms with E-state index in [4.69, 9.17) is 9.84 Å². The summed E-state index contributed by atoms with van der Waals surface area (Å²) in [6.07, 6.45) is 1.79. The highest BCUT2D eigenvalue weighted by atomic mass is 127. The summed E-state index contributed by atoms with van der Waals surface area (Å²) in [7, 11) is 3.25. The Balaban J connectivity index is 1.97. The molecule has 0 saturated carbocycles. The number of amides is 1. The molecule has 144 valence electrons. The minimum atomic E-state index is -1.02. The first kappa shape index (κ1) is 21.1. The SMILES string of the molecule is COc1c(I)cc(I)cc1/C=C1\SC(=Nc2cccc(C(=O)O)c2)N(C)C1=O. The molecule has 1 amide bonds. The van der Waals surface area contributed by atoms with Gasteiger partial charge in [0.05, 0.1) is 26.8 Å². The van der Waals surface area contributed by atoms with Crippen molar-refractivity contribution in [2.45, 2.75) is 0 Å². The van der Waals surface area contributed by atoms with Crippen LogP contribution < -0.4 is 4.74 Å². The molecule has 1 aliphatic rings. The Morgan fingerprint density at radius 1 is 1.29 bits per heavy atom. The highest BCUT2D eigenvalue weighted by Gasteiger charge is 2.30. The van der Waals surface area contributed by atoms with Gasteiger partial charge >= 0.3 is 5.97 Å². The first-order valence-electron chi connectivity index (χ1n) is 7.93. The number of aromatic carboxylic acids is 1. The van der Waals surface area contributed by atoms with Crippen molar-refractivity contribution < 1.29 is 19.4 Å². The predicted octanol–water partition coefficient (Wildman–Crippen LogP) is 4.84. The molecule has 6 nitrogen and oxygen atoms in total. The number of carbonyl (C=O) groups excluding carboxylic acids is 1. The molecular formula is C19H14I2N2O4S. The molecule has 0 atom stereocenters. The van der Waals surface area contributed by atoms with Gasteiger partial charge < -0.3 is 9.84 Å². The third-order valence-electron chi connectivity index (χ3n) is 3.85. The largest absolute Gasteiger partial charge is 0.495 e. The average molecular weight is 620 g/mol. The van der Waals surface area contributed by atoms with Crippen LogP contribution in [0.3, 0.4) is 0 Å². The number of benzene rings is 2. The minimum absolute atomic E-state index is 0.146. The van der Waals surface area contributed by atoms with Crippen LogP contribution in [0.5, 0.6) is 5.75 Å². The molecule has 0 aliphatic carbocycles. The van der Waals surface area contributed by atoms with E-state index < -0.39 is 5.97 Å². The fraction of sp³-hybridized carbons (Fsp3) is 0.105. The van der Waals surface area contributed by atoms with Crippen molar-refractivity contribution in [3.63, 3.8) is 0 Å². The second kappa shape index (κ2) is 8.82. The van der Waals surface area contributed by atoms with E-state index in [9.17, 15) is 9.59 Å². The maximum atomic E-state index is 12.7. The van der Waals surface area contributed by atoms with Gasteiger partial charge in [-0.1, -0.05) is 6.07 Å². The molecule has 3 rings (SSSR count). The third-order valence-corrected chi connectivity index (χ3v) is 6.33. The number of ether oxygens (including phenoxy) is 1. The molecule has 1 heterocycles. The number of thioether (sulfide) groups is 1. The third kappa shape index (κ3) is 4.51. The Hall–Kier alpha value is -1.60. The monoisotopic (exact) mass is 620 g/mol. The van der Waals surface area contributed by atoms with Crippen molar-refractivity contribution in [1.29, 1.82) is 0 Å². The topological polar surface area (TPSA) is 79.2 Å². The van der Waals surface area contributed by atoms with Crippen molar-refractivity contribution in [3.05, 3.63) is 59.6 Å². The van der Waals surface area contributed by atoms with Gasteiger partial charge in [-0.2, -0.15) is 0 Å². The number of amidine groups is 1. The highest BCUT2D eigenvalue weighted by Crippen LogP contribution is 2.36. The van der Waals surface area contributed by atoms with E-state index in [-0.39, 0.29) is 11.5 Å². The number of carbonyl (C=O) groups is 2. The fourth-order valence-corrected chi connectivity index (χ4v) is 5.60. The van der Waals surface area contributed by atoms with Crippen LogP contribution in [0.25, 0.3) is 6.08 Å². The van der Waals surface area contributed by atoms with Crippen LogP contribution in [-0.2, 0) is 4.79 Å². The summed E-state index contributed by atoms with van der Waals surface area (Å²) in [5.74, 6) is -0.482. The highest BCUT2D eigenvalue weighted by molar-refractivity contribution is 14.1. The van der Waals surface area contributed by atoms with Crippen LogP contribution in [0.15, 0.2) is 46.3 Å². The molecular weight excluding hydrogens is 606 g/mol. The number of carboxylic acids is 1. The lowest BCUT2D eigenvalue weighted by Gasteiger charge is -2.09. The van der Waals surface area contributed by atoms with Crippen LogP contribution in [0.2, 0.25) is 0 Å². The second-order valence-electron chi connectivity index (χ2n) is 5.73. The van der Waals surface area contributed by atoms with Gasteiger partial charge in [-0.25, -0.2) is 9.79 Å². The fourth-order valence-electron chi connectivity index (χ4n) is 2.51. The van der Waals surface area contributed by atoms with E-state index in [1.807, 2.05) is 12.1 Å². The molecule has 0 bridgehead atoms. The number of carboxylic acid groups (broad SMARTS) is 1. The molecule has 0 aromatic heterocycles. The summed E-state index contributed by atoms with van der Waals surface area (Å²) in [5.41, 5.74) is 1.44. The van der Waals surface area contributed by atoms with Crippen molar-refractivity contribution in [2.75, 3.05) is 14.2 Å². The summed E-state index contributed by atoms with van der Waals surface area (Å²) < 4.78 is 7.49. The van der Waals surface area contributed by atoms with Crippen LogP contribution in [0.4, 0.5) is 5.69 Å². The second-order valence-corrected chi connectivity index (χ2v) is 9.15. The van der Waals surface area contributed by atoms with E-state index >= 15 is 0 Å². The van der Waals surface area contributed by atoms with Crippen LogP contribution in [0.1, 0.15) is 15.9 Å². The maximum Gasteiger partial charge on any atom is 0.335 e. The lowest BCUT2D eigenvalue weighted by Crippen LogP contribution is -2.23. The Bertz CT molecular complexity index is 1040. The predicted molar refractivity (Wildman–Crippen MR) is 127 cm³/mol. The number of aliphatic imine (C=N–C) groups is 1. The van der Waals surface area contributed by atoms with E-state index in [0.29, 0.717) is 21.5 Å². The Morgan fingerprint density at radius 2 is 2.04 bits per heavy atom. The number of nitrogens with zero attached hydrogens (tertiary/aromatic N) is 2. The van der Waals surface area contributed by atoms with Gasteiger partial charge in [0.25, 0.3) is 5.91 Å². The quantitative estimate of drug-likeness (QED) is 0.392. The lowest BCUT2D eigenvalue weighted by atomic mass is 10.2. The van der Waals surface area contributed by atoms with Gasteiger partial charge in [-0.05, 0) is 93.4 Å². The maximum absolute atomic E-state index is 12.7. The van der Waals surface area contributed by atoms with Crippen LogP contribution >= 0.6 is 56.9 Å². The summed E-state index contributed by atoms with van der Waals surface area (Å²) in [4.78, 5) is 30.2. The Kier molecular flexibility index (Phi) is 6.65. The van der Waals surface area contributed by atoms with E-state index in [1.54, 1.807) is 32.4 Å². The zero-order valence-corrected chi connectivity index (χ0v) is 19.9. The van der Waals surface area contributed by atoms with Crippen molar-refractivity contribution in [1.82, 2.24) is 4.90 Å². The molecule has 1 fully saturated rings. The molecule has 0 unspecified atom stereocenters. The zero-order chi connectivity index (χ0) is 20.4. The standard InChI is InChI=1S/C19H14I2N2O4S/c1-23-17(24)15(8-11-6-12(20)9-14(21)16(11)27-2)28-19(23)22-13-5-3-4-10(7-13)18(25)26/h3-9H,1-2H3,(H,25,26)/b15-8-,22-19?. The van der Waals surface area contributed by atoms with E-state index in [2.05, 4.69) is 50.2 Å². The molecule has 28 heavy (non-hydrogen) atoms. The molecule has 2 aromatic rings. The number of halogens is 2. The lowest BCUT2D eigenvalue weighted by molar-refractivity contribution is -0.121. The number of methoxy groups -OCH3 is 1. The Morgan fingerprint density at radius 3 is 2.71 bits per heavy atom. The van der Waals surface area contributed by atoms with Crippen molar-refractivity contribution in [2.24, 2.45) is 4.99 Å². The van der Waals surface area contributed by atoms with Gasteiger partial charge in [0.2, 0.25) is 0 Å². The van der Waals surface area contributed by atoms with Crippen LogP contribution in [0, 0.1) is 7.14 Å². The first-order valence-corrected chi connectivity index (χ1v) is 10.9. The molecule has 2 aromatic carbocycles. The van der Waals surface area contributed by atoms with E-state index in [0.717, 1.165) is 12.7 Å².